The number of nitrogens with one attached hydrogen (secondary N) is 2. The number of benzene rings is 2. The number of amides is 2. The zero-order valence-electron chi connectivity index (χ0n) is 12.9. The van der Waals surface area contributed by atoms with Gasteiger partial charge < -0.3 is 5.11 Å². The number of hydrogen-bond acceptors (Lipinski definition) is 4. The fraction of sp³-hybridized carbons (Fsp3) is 0.0556. The van der Waals surface area contributed by atoms with Gasteiger partial charge in [-0.3, -0.25) is 20.4 Å². The molecular formula is C18H15N3O3. The van der Waals surface area contributed by atoms with E-state index in [2.05, 4.69) is 15.8 Å². The average molecular weight is 321 g/mol. The second-order valence-corrected chi connectivity index (χ2v) is 5.32. The van der Waals surface area contributed by atoms with E-state index in [1.807, 2.05) is 18.2 Å². The van der Waals surface area contributed by atoms with Crippen LogP contribution in [0, 0.1) is 6.92 Å². The van der Waals surface area contributed by atoms with Crippen molar-refractivity contribution < 1.29 is 14.7 Å². The first-order valence-electron chi connectivity index (χ1n) is 7.31. The number of phenols is 1. The van der Waals surface area contributed by atoms with Crippen molar-refractivity contribution in [2.75, 3.05) is 0 Å². The van der Waals surface area contributed by atoms with Crippen molar-refractivity contribution in [1.29, 1.82) is 0 Å². The maximum absolute atomic E-state index is 12.1. The van der Waals surface area contributed by atoms with Gasteiger partial charge >= 0.3 is 0 Å². The van der Waals surface area contributed by atoms with E-state index < -0.39 is 11.8 Å². The number of aryl methyl sites for hydroxylation is 1. The molecule has 0 spiro atoms. The monoisotopic (exact) mass is 321 g/mol. The molecule has 3 aromatic rings. The molecule has 120 valence electrons. The van der Waals surface area contributed by atoms with Crippen molar-refractivity contribution in [3.05, 3.63) is 71.4 Å². The Bertz CT molecular complexity index is 938. The number of carbonyl (C=O) groups excluding carboxylic acids is 2. The summed E-state index contributed by atoms with van der Waals surface area (Å²) in [5, 5.41) is 10.7. The molecule has 6 nitrogen and oxygen atoms in total. The zero-order chi connectivity index (χ0) is 17.1. The van der Waals surface area contributed by atoms with E-state index in [0.717, 1.165) is 10.9 Å². The van der Waals surface area contributed by atoms with Crippen LogP contribution in [0.15, 0.2) is 54.6 Å². The average Bonchev–Trinajstić information content (AvgIpc) is 2.59. The molecule has 3 rings (SSSR count). The van der Waals surface area contributed by atoms with Crippen LogP contribution in [0.4, 0.5) is 0 Å². The second kappa shape index (κ2) is 6.37. The minimum atomic E-state index is -0.610. The van der Waals surface area contributed by atoms with Gasteiger partial charge in [0, 0.05) is 5.39 Å². The maximum Gasteiger partial charge on any atom is 0.288 e. The van der Waals surface area contributed by atoms with Gasteiger partial charge in [0.05, 0.1) is 11.1 Å². The largest absolute Gasteiger partial charge is 0.507 e. The van der Waals surface area contributed by atoms with Crippen LogP contribution in [0.1, 0.15) is 26.4 Å². The standard InChI is InChI=1S/C18H15N3O3/c1-11-6-8-13(16(22)10-11)17(23)20-21-18(24)15-9-7-12-4-2-3-5-14(12)19-15/h2-10,22H,1H3,(H,20,23)(H,21,24). The van der Waals surface area contributed by atoms with Crippen LogP contribution in [0.3, 0.4) is 0 Å². The van der Waals surface area contributed by atoms with Crippen molar-refractivity contribution in [1.82, 2.24) is 15.8 Å². The van der Waals surface area contributed by atoms with Crippen LogP contribution < -0.4 is 10.9 Å². The van der Waals surface area contributed by atoms with Crippen molar-refractivity contribution in [2.45, 2.75) is 6.92 Å². The van der Waals surface area contributed by atoms with Gasteiger partial charge in [-0.25, -0.2) is 4.98 Å². The number of phenolic OH excluding ortho intramolecular Hbond substituents is 1. The molecular weight excluding hydrogens is 306 g/mol. The number of para-hydroxylation sites is 1. The Labute approximate surface area is 138 Å². The quantitative estimate of drug-likeness (QED) is 0.632. The lowest BCUT2D eigenvalue weighted by Gasteiger charge is -2.09. The Kier molecular flexibility index (Phi) is 4.11. The summed E-state index contributed by atoms with van der Waals surface area (Å²) in [6.07, 6.45) is 0. The summed E-state index contributed by atoms with van der Waals surface area (Å²) in [4.78, 5) is 28.4. The molecule has 3 N–H and O–H groups in total. The van der Waals surface area contributed by atoms with E-state index in [9.17, 15) is 14.7 Å². The molecule has 6 heteroatoms. The third-order valence-electron chi connectivity index (χ3n) is 3.52. The number of aromatic hydroxyl groups is 1. The van der Waals surface area contributed by atoms with E-state index in [1.165, 1.54) is 12.1 Å². The zero-order valence-corrected chi connectivity index (χ0v) is 12.9. The van der Waals surface area contributed by atoms with E-state index >= 15 is 0 Å². The molecule has 0 bridgehead atoms. The molecule has 24 heavy (non-hydrogen) atoms. The Morgan fingerprint density at radius 1 is 0.958 bits per heavy atom. The highest BCUT2D eigenvalue weighted by Crippen LogP contribution is 2.18. The van der Waals surface area contributed by atoms with Gasteiger partial charge in [0.1, 0.15) is 11.4 Å². The van der Waals surface area contributed by atoms with Crippen LogP contribution in [-0.4, -0.2) is 21.9 Å². The van der Waals surface area contributed by atoms with E-state index in [1.54, 1.807) is 31.2 Å². The van der Waals surface area contributed by atoms with Gasteiger partial charge in [0.25, 0.3) is 11.8 Å². The first-order valence-corrected chi connectivity index (χ1v) is 7.31. The molecule has 0 unspecified atom stereocenters. The van der Waals surface area contributed by atoms with E-state index in [4.69, 9.17) is 0 Å². The summed E-state index contributed by atoms with van der Waals surface area (Å²) < 4.78 is 0. The van der Waals surface area contributed by atoms with Crippen LogP contribution in [0.2, 0.25) is 0 Å². The van der Waals surface area contributed by atoms with Gasteiger partial charge in [0.15, 0.2) is 0 Å². The number of nitrogens with zero attached hydrogens (tertiary/aromatic N) is 1. The number of rotatable bonds is 2. The summed E-state index contributed by atoms with van der Waals surface area (Å²) in [5.41, 5.74) is 6.33. The van der Waals surface area contributed by atoms with E-state index in [-0.39, 0.29) is 17.0 Å². The smallest absolute Gasteiger partial charge is 0.288 e. The summed E-state index contributed by atoms with van der Waals surface area (Å²) in [5.74, 6) is -1.30. The SMILES string of the molecule is Cc1ccc(C(=O)NNC(=O)c2ccc3ccccc3n2)c(O)c1. The highest BCUT2D eigenvalue weighted by Gasteiger charge is 2.13. The molecule has 0 fully saturated rings. The molecule has 1 heterocycles. The summed E-state index contributed by atoms with van der Waals surface area (Å²) in [7, 11) is 0. The van der Waals surface area contributed by atoms with Crippen molar-refractivity contribution >= 4 is 22.7 Å². The molecule has 0 aliphatic heterocycles. The normalized spacial score (nSPS) is 10.4. The minimum absolute atomic E-state index is 0.0763. The van der Waals surface area contributed by atoms with E-state index in [0.29, 0.717) is 5.52 Å². The Morgan fingerprint density at radius 2 is 1.71 bits per heavy atom. The van der Waals surface area contributed by atoms with Crippen molar-refractivity contribution in [3.63, 3.8) is 0 Å². The number of aromatic nitrogens is 1. The lowest BCUT2D eigenvalue weighted by Crippen LogP contribution is -2.42. The number of hydrazine groups is 1. The molecule has 2 aromatic carbocycles. The summed E-state index contributed by atoms with van der Waals surface area (Å²) in [6.45, 7) is 1.80. The molecule has 2 amide bonds. The van der Waals surface area contributed by atoms with Gasteiger partial charge in [0.2, 0.25) is 0 Å². The number of carbonyl (C=O) groups is 2. The Morgan fingerprint density at radius 3 is 2.50 bits per heavy atom. The first kappa shape index (κ1) is 15.5. The van der Waals surface area contributed by atoms with Gasteiger partial charge in [-0.05, 0) is 36.8 Å². The van der Waals surface area contributed by atoms with Crippen molar-refractivity contribution in [3.8, 4) is 5.75 Å². The number of pyridine rings is 1. The third kappa shape index (κ3) is 3.17. The molecule has 0 radical (unpaired) electrons. The lowest BCUT2D eigenvalue weighted by atomic mass is 10.1. The highest BCUT2D eigenvalue weighted by atomic mass is 16.3. The second-order valence-electron chi connectivity index (χ2n) is 5.32. The molecule has 1 aromatic heterocycles. The molecule has 0 atom stereocenters. The topological polar surface area (TPSA) is 91.3 Å². The van der Waals surface area contributed by atoms with Crippen LogP contribution >= 0.6 is 0 Å². The first-order chi connectivity index (χ1) is 11.5. The maximum atomic E-state index is 12.1. The van der Waals surface area contributed by atoms with Gasteiger partial charge in [-0.2, -0.15) is 0 Å². The summed E-state index contributed by atoms with van der Waals surface area (Å²) in [6, 6.07) is 15.4. The van der Waals surface area contributed by atoms with Crippen LogP contribution in [0.5, 0.6) is 5.75 Å². The number of hydrogen-bond donors (Lipinski definition) is 3. The van der Waals surface area contributed by atoms with Crippen LogP contribution in [-0.2, 0) is 0 Å². The predicted molar refractivity (Wildman–Crippen MR) is 89.5 cm³/mol. The Balaban J connectivity index is 1.71. The third-order valence-corrected chi connectivity index (χ3v) is 3.52. The molecule has 0 aliphatic rings. The molecule has 0 saturated carbocycles. The van der Waals surface area contributed by atoms with Crippen molar-refractivity contribution in [2.24, 2.45) is 0 Å². The lowest BCUT2D eigenvalue weighted by molar-refractivity contribution is 0.0842. The summed E-state index contributed by atoms with van der Waals surface area (Å²) >= 11 is 0. The van der Waals surface area contributed by atoms with Crippen LogP contribution in [0.25, 0.3) is 10.9 Å². The van der Waals surface area contributed by atoms with Gasteiger partial charge in [-0.1, -0.05) is 30.3 Å². The highest BCUT2D eigenvalue weighted by molar-refractivity contribution is 6.00. The Hall–Kier alpha value is -3.41. The fourth-order valence-electron chi connectivity index (χ4n) is 2.27. The fourth-order valence-corrected chi connectivity index (χ4v) is 2.27. The minimum Gasteiger partial charge on any atom is -0.507 e. The molecule has 0 saturated heterocycles. The van der Waals surface area contributed by atoms with Gasteiger partial charge in [-0.15, -0.1) is 0 Å². The number of fused-ring (bicyclic) bond motifs is 1. The predicted octanol–water partition coefficient (Wildman–Crippen LogP) is 2.32. The molecule has 0 aliphatic carbocycles.